The normalized spacial score (nSPS) is 14.3. The second kappa shape index (κ2) is 12.6. The number of hydrogen-bond acceptors (Lipinski definition) is 10. The molecule has 2 amide bonds. The van der Waals surface area contributed by atoms with Crippen LogP contribution < -0.4 is 16.4 Å². The Hall–Kier alpha value is -4.50. The van der Waals surface area contributed by atoms with E-state index in [9.17, 15) is 37.5 Å². The number of nitrogens with one attached hydrogen (secondary N) is 3. The lowest BCUT2D eigenvalue weighted by Crippen LogP contribution is -2.43. The summed E-state index contributed by atoms with van der Waals surface area (Å²) in [5.41, 5.74) is 2.24. The number of amides is 2. The predicted molar refractivity (Wildman–Crippen MR) is 125 cm³/mol. The Bertz CT molecular complexity index is 1200. The van der Waals surface area contributed by atoms with E-state index in [1.54, 1.807) is 0 Å². The van der Waals surface area contributed by atoms with E-state index < -0.39 is 65.2 Å². The molecule has 0 radical (unpaired) electrons. The molecule has 13 nitrogen and oxygen atoms in total. The van der Waals surface area contributed by atoms with Crippen molar-refractivity contribution >= 4 is 41.1 Å². The summed E-state index contributed by atoms with van der Waals surface area (Å²) < 4.78 is 50.6. The molecule has 0 bridgehead atoms. The van der Waals surface area contributed by atoms with Gasteiger partial charge in [0.15, 0.2) is 5.84 Å². The minimum atomic E-state index is -5.09. The summed E-state index contributed by atoms with van der Waals surface area (Å²) in [6.45, 7) is 1.39. The molecule has 0 fully saturated rings. The third-order valence-electron chi connectivity index (χ3n) is 5.01. The molecule has 0 saturated heterocycles. The lowest BCUT2D eigenvalue weighted by molar-refractivity contribution is -0.146. The number of aliphatic hydroxyl groups is 1. The van der Waals surface area contributed by atoms with Crippen LogP contribution >= 0.6 is 0 Å². The summed E-state index contributed by atoms with van der Waals surface area (Å²) in [4.78, 5) is 55.8. The van der Waals surface area contributed by atoms with Gasteiger partial charge in [-0.1, -0.05) is 0 Å². The zero-order valence-electron chi connectivity index (χ0n) is 20.3. The van der Waals surface area contributed by atoms with Gasteiger partial charge in [0.1, 0.15) is 23.3 Å². The van der Waals surface area contributed by atoms with Gasteiger partial charge in [0.05, 0.1) is 44.0 Å². The Labute approximate surface area is 213 Å². The van der Waals surface area contributed by atoms with Gasteiger partial charge in [0, 0.05) is 12.0 Å². The van der Waals surface area contributed by atoms with Crippen molar-refractivity contribution in [3.05, 3.63) is 34.9 Å². The van der Waals surface area contributed by atoms with E-state index in [4.69, 9.17) is 15.9 Å². The van der Waals surface area contributed by atoms with Crippen LogP contribution in [0, 0.1) is 5.41 Å². The number of nitrogens with zero attached hydrogens (tertiary/aromatic N) is 2. The zero-order valence-corrected chi connectivity index (χ0v) is 20.3. The monoisotopic (exact) mass is 542 g/mol. The summed E-state index contributed by atoms with van der Waals surface area (Å²) in [5.74, 6) is -4.85. The highest BCUT2D eigenvalue weighted by atomic mass is 19.4. The maximum Gasteiger partial charge on any atom is 0.418 e. The molecule has 38 heavy (non-hydrogen) atoms. The molecule has 1 aliphatic rings. The van der Waals surface area contributed by atoms with Crippen molar-refractivity contribution in [1.82, 2.24) is 10.3 Å². The fraction of sp³-hybridized carbons (Fsp3) is 0.409. The van der Waals surface area contributed by atoms with Crippen molar-refractivity contribution in [1.29, 1.82) is 5.41 Å². The van der Waals surface area contributed by atoms with Crippen LogP contribution in [0.4, 0.5) is 18.9 Å². The van der Waals surface area contributed by atoms with Crippen LogP contribution in [0.1, 0.15) is 48.7 Å². The highest BCUT2D eigenvalue weighted by molar-refractivity contribution is 6.11. The molecule has 6 N–H and O–H groups in total. The maximum atomic E-state index is 13.8. The predicted octanol–water partition coefficient (Wildman–Crippen LogP) is 1.59. The van der Waals surface area contributed by atoms with Gasteiger partial charge in [-0.25, -0.2) is 14.8 Å². The van der Waals surface area contributed by atoms with E-state index >= 15 is 0 Å². The molecular formula is C22H25F3N6O7. The van der Waals surface area contributed by atoms with Crippen molar-refractivity contribution in [3.63, 3.8) is 0 Å². The fourth-order valence-electron chi connectivity index (χ4n) is 3.23. The van der Waals surface area contributed by atoms with E-state index in [2.05, 4.69) is 25.3 Å². The van der Waals surface area contributed by atoms with Gasteiger partial charge in [-0.3, -0.25) is 19.8 Å². The molecule has 16 heteroatoms. The standard InChI is InChI=1S/C22H25F3N6O7/c1-3-38-21(36)13(4-5-17(34)37-2)30-20(35)18-12(22(23,24)25)6-10(9-28-18)29-16(33)7-11-14(32)8-15(26)31-19(11)27/h6,9,13,32H,3-5,7-8H2,1-2H3,(H,29,33)(H,30,35)(H3,26,27,31)/t13-/m0/s1. The molecule has 0 unspecified atom stereocenters. The van der Waals surface area contributed by atoms with E-state index in [-0.39, 0.29) is 43.0 Å². The first-order valence-corrected chi connectivity index (χ1v) is 11.0. The number of carbonyl (C=O) groups is 4. The topological polar surface area (TPSA) is 206 Å². The highest BCUT2D eigenvalue weighted by Crippen LogP contribution is 2.33. The molecule has 1 aromatic rings. The average Bonchev–Trinajstić information content (AvgIpc) is 2.83. The number of carbonyl (C=O) groups excluding carboxylic acids is 4. The third-order valence-corrected chi connectivity index (χ3v) is 5.01. The summed E-state index contributed by atoms with van der Waals surface area (Å²) in [5, 5.41) is 21.9. The number of esters is 2. The molecule has 0 aromatic carbocycles. The number of aliphatic hydroxyl groups excluding tert-OH is 1. The van der Waals surface area contributed by atoms with Gasteiger partial charge in [-0.15, -0.1) is 0 Å². The number of anilines is 1. The van der Waals surface area contributed by atoms with Crippen molar-refractivity contribution < 1.29 is 46.9 Å². The Morgan fingerprint density at radius 1 is 1.29 bits per heavy atom. The molecule has 1 aliphatic heterocycles. The number of amidine groups is 2. The molecule has 206 valence electrons. The number of methoxy groups -OCH3 is 1. The molecular weight excluding hydrogens is 517 g/mol. The largest absolute Gasteiger partial charge is 0.511 e. The minimum Gasteiger partial charge on any atom is -0.511 e. The van der Waals surface area contributed by atoms with Crippen LogP contribution in [-0.2, 0) is 30.0 Å². The summed E-state index contributed by atoms with van der Waals surface area (Å²) in [6, 6.07) is -1.00. The number of aliphatic imine (C=N–C) groups is 1. The number of pyridine rings is 1. The molecule has 2 rings (SSSR count). The number of aromatic nitrogens is 1. The van der Waals surface area contributed by atoms with Gasteiger partial charge in [0.2, 0.25) is 5.91 Å². The number of alkyl halides is 3. The van der Waals surface area contributed by atoms with Crippen molar-refractivity contribution in [3.8, 4) is 0 Å². The molecule has 2 heterocycles. The number of ether oxygens (including phenoxy) is 2. The van der Waals surface area contributed by atoms with Crippen LogP contribution in [0.25, 0.3) is 0 Å². The summed E-state index contributed by atoms with van der Waals surface area (Å²) >= 11 is 0. The molecule has 1 atom stereocenters. The number of halogens is 3. The molecule has 0 aliphatic carbocycles. The van der Waals surface area contributed by atoms with Gasteiger partial charge in [-0.05, 0) is 19.4 Å². The number of nitrogens with two attached hydrogens (primary N) is 1. The van der Waals surface area contributed by atoms with Gasteiger partial charge in [0.25, 0.3) is 5.91 Å². The third kappa shape index (κ3) is 8.01. The second-order valence-corrected chi connectivity index (χ2v) is 7.79. The number of dihydropyridines is 1. The highest BCUT2D eigenvalue weighted by Gasteiger charge is 2.38. The van der Waals surface area contributed by atoms with Crippen molar-refractivity contribution in [2.24, 2.45) is 10.7 Å². The van der Waals surface area contributed by atoms with Gasteiger partial charge < -0.3 is 30.9 Å². The molecule has 1 aromatic heterocycles. The van der Waals surface area contributed by atoms with E-state index in [0.29, 0.717) is 6.07 Å². The zero-order chi connectivity index (χ0) is 28.6. The minimum absolute atomic E-state index is 0.0416. The fourth-order valence-corrected chi connectivity index (χ4v) is 3.23. The van der Waals surface area contributed by atoms with Gasteiger partial charge >= 0.3 is 18.1 Å². The molecule has 0 saturated carbocycles. The van der Waals surface area contributed by atoms with Crippen molar-refractivity contribution in [2.45, 2.75) is 44.8 Å². The Balaban J connectivity index is 2.25. The van der Waals surface area contributed by atoms with Crippen LogP contribution in [0.5, 0.6) is 0 Å². The van der Waals surface area contributed by atoms with Gasteiger partial charge in [-0.2, -0.15) is 13.2 Å². The lowest BCUT2D eigenvalue weighted by atomic mass is 10.0. The van der Waals surface area contributed by atoms with E-state index in [1.165, 1.54) is 6.92 Å². The Kier molecular flexibility index (Phi) is 9.89. The summed E-state index contributed by atoms with van der Waals surface area (Å²) in [7, 11) is 1.10. The first-order chi connectivity index (χ1) is 17.8. The first-order valence-electron chi connectivity index (χ1n) is 11.0. The molecule has 0 spiro atoms. The maximum absolute atomic E-state index is 13.8. The average molecular weight is 542 g/mol. The van der Waals surface area contributed by atoms with Crippen LogP contribution in [0.3, 0.4) is 0 Å². The smallest absolute Gasteiger partial charge is 0.418 e. The van der Waals surface area contributed by atoms with Crippen LogP contribution in [0.15, 0.2) is 28.6 Å². The second-order valence-electron chi connectivity index (χ2n) is 7.79. The van der Waals surface area contributed by atoms with Crippen LogP contribution in [-0.4, -0.2) is 65.3 Å². The van der Waals surface area contributed by atoms with Crippen molar-refractivity contribution in [2.75, 3.05) is 19.0 Å². The Morgan fingerprint density at radius 3 is 2.55 bits per heavy atom. The lowest BCUT2D eigenvalue weighted by Gasteiger charge is -2.19. The summed E-state index contributed by atoms with van der Waals surface area (Å²) in [6.07, 6.45) is -5.73. The Morgan fingerprint density at radius 2 is 1.97 bits per heavy atom. The van der Waals surface area contributed by atoms with E-state index in [0.717, 1.165) is 13.3 Å². The van der Waals surface area contributed by atoms with E-state index in [1.807, 2.05) is 0 Å². The number of hydrogen-bond donors (Lipinski definition) is 5. The SMILES string of the molecule is CCOC(=O)[C@H](CCC(=O)OC)NC(=O)c1ncc(NC(=O)CC2=C(O)CC(N)=NC2=N)cc1C(F)(F)F. The number of rotatable bonds is 10. The first kappa shape index (κ1) is 29.7. The van der Waals surface area contributed by atoms with Crippen LogP contribution in [0.2, 0.25) is 0 Å². The quantitative estimate of drug-likeness (QED) is 0.272.